The van der Waals surface area contributed by atoms with Crippen LogP contribution in [-0.4, -0.2) is 13.2 Å². The predicted molar refractivity (Wildman–Crippen MR) is 87.2 cm³/mol. The molecule has 3 nitrogen and oxygen atoms in total. The Hall–Kier alpha value is -0.970. The van der Waals surface area contributed by atoms with E-state index >= 15 is 0 Å². The zero-order valence-electron chi connectivity index (χ0n) is 11.8. The van der Waals surface area contributed by atoms with Crippen LogP contribution in [-0.2, 0) is 12.8 Å². The van der Waals surface area contributed by atoms with E-state index in [9.17, 15) is 0 Å². The molecule has 1 unspecified atom stereocenters. The average molecular weight is 371 g/mol. The SMILES string of the molecule is CCNC(Cc1cc(Cl)cc2c1OCC2)c1ccoc1Br. The molecule has 0 fully saturated rings. The van der Waals surface area contributed by atoms with Gasteiger partial charge in [0.05, 0.1) is 12.9 Å². The third-order valence-electron chi connectivity index (χ3n) is 3.72. The minimum Gasteiger partial charge on any atom is -0.493 e. The molecule has 1 aliphatic rings. The fourth-order valence-electron chi connectivity index (χ4n) is 2.81. The first kappa shape index (κ1) is 14.9. The van der Waals surface area contributed by atoms with E-state index in [2.05, 4.69) is 28.2 Å². The first-order valence-electron chi connectivity index (χ1n) is 7.09. The molecule has 1 aliphatic heterocycles. The summed E-state index contributed by atoms with van der Waals surface area (Å²) in [7, 11) is 0. The highest BCUT2D eigenvalue weighted by atomic mass is 79.9. The van der Waals surface area contributed by atoms with E-state index in [0.29, 0.717) is 0 Å². The molecule has 0 amide bonds. The Labute approximate surface area is 137 Å². The molecule has 1 atom stereocenters. The van der Waals surface area contributed by atoms with Crippen molar-refractivity contribution in [1.29, 1.82) is 0 Å². The van der Waals surface area contributed by atoms with Crippen molar-refractivity contribution in [3.63, 3.8) is 0 Å². The highest BCUT2D eigenvalue weighted by Gasteiger charge is 2.22. The number of halogens is 2. The van der Waals surface area contributed by atoms with E-state index in [-0.39, 0.29) is 6.04 Å². The van der Waals surface area contributed by atoms with Gasteiger partial charge < -0.3 is 14.5 Å². The van der Waals surface area contributed by atoms with Gasteiger partial charge >= 0.3 is 0 Å². The normalized spacial score (nSPS) is 14.8. The summed E-state index contributed by atoms with van der Waals surface area (Å²) < 4.78 is 11.9. The van der Waals surface area contributed by atoms with Crippen molar-refractivity contribution in [2.45, 2.75) is 25.8 Å². The lowest BCUT2D eigenvalue weighted by atomic mass is 9.98. The maximum atomic E-state index is 6.24. The minimum absolute atomic E-state index is 0.162. The van der Waals surface area contributed by atoms with Crippen LogP contribution < -0.4 is 10.1 Å². The maximum absolute atomic E-state index is 6.24. The molecule has 2 aromatic rings. The van der Waals surface area contributed by atoms with E-state index in [1.54, 1.807) is 6.26 Å². The van der Waals surface area contributed by atoms with Crippen molar-refractivity contribution < 1.29 is 9.15 Å². The number of hydrogen-bond acceptors (Lipinski definition) is 3. The standard InChI is InChI=1S/C16H17BrClNO2/c1-2-19-14(13-4-6-21-16(13)17)9-11-8-12(18)7-10-3-5-20-15(10)11/h4,6-8,14,19H,2-3,5,9H2,1H3. The predicted octanol–water partition coefficient (Wildman–Crippen LogP) is 4.52. The lowest BCUT2D eigenvalue weighted by molar-refractivity contribution is 0.351. The molecule has 1 aromatic heterocycles. The highest BCUT2D eigenvalue weighted by Crippen LogP contribution is 2.36. The van der Waals surface area contributed by atoms with Crippen molar-refractivity contribution in [3.8, 4) is 5.75 Å². The lowest BCUT2D eigenvalue weighted by Crippen LogP contribution is -2.23. The van der Waals surface area contributed by atoms with Gasteiger partial charge in [0.15, 0.2) is 4.67 Å². The third-order valence-corrected chi connectivity index (χ3v) is 4.58. The number of hydrogen-bond donors (Lipinski definition) is 1. The molecule has 1 N–H and O–H groups in total. The van der Waals surface area contributed by atoms with Crippen LogP contribution in [0, 0.1) is 0 Å². The second-order valence-electron chi connectivity index (χ2n) is 5.12. The van der Waals surface area contributed by atoms with Gasteiger partial charge in [0.1, 0.15) is 5.75 Å². The molecule has 3 rings (SSSR count). The molecule has 1 aromatic carbocycles. The number of fused-ring (bicyclic) bond motifs is 1. The molecular formula is C16H17BrClNO2. The van der Waals surface area contributed by atoms with E-state index in [0.717, 1.165) is 52.6 Å². The van der Waals surface area contributed by atoms with Crippen molar-refractivity contribution in [2.75, 3.05) is 13.2 Å². The lowest BCUT2D eigenvalue weighted by Gasteiger charge is -2.19. The zero-order valence-corrected chi connectivity index (χ0v) is 14.1. The summed E-state index contributed by atoms with van der Waals surface area (Å²) in [5.74, 6) is 1.00. The summed E-state index contributed by atoms with van der Waals surface area (Å²) in [6.07, 6.45) is 3.45. The molecule has 0 saturated heterocycles. The molecule has 0 spiro atoms. The first-order valence-corrected chi connectivity index (χ1v) is 8.26. The van der Waals surface area contributed by atoms with Gasteiger partial charge in [0, 0.05) is 23.0 Å². The number of ether oxygens (including phenoxy) is 1. The van der Waals surface area contributed by atoms with Crippen LogP contribution in [0.5, 0.6) is 5.75 Å². The van der Waals surface area contributed by atoms with Crippen LogP contribution in [0.15, 0.2) is 33.5 Å². The number of rotatable bonds is 5. The molecule has 5 heteroatoms. The minimum atomic E-state index is 0.162. The number of likely N-dealkylation sites (N-methyl/N-ethyl adjacent to an activating group) is 1. The summed E-state index contributed by atoms with van der Waals surface area (Å²) in [5, 5.41) is 4.27. The van der Waals surface area contributed by atoms with Crippen LogP contribution in [0.2, 0.25) is 5.02 Å². The molecule has 2 heterocycles. The Bertz CT molecular complexity index is 641. The topological polar surface area (TPSA) is 34.4 Å². The molecular weight excluding hydrogens is 354 g/mol. The van der Waals surface area contributed by atoms with Crippen molar-refractivity contribution >= 4 is 27.5 Å². The van der Waals surface area contributed by atoms with E-state index in [1.165, 1.54) is 5.56 Å². The molecule has 0 bridgehead atoms. The van der Waals surface area contributed by atoms with Gasteiger partial charge in [-0.2, -0.15) is 0 Å². The first-order chi connectivity index (χ1) is 10.2. The quantitative estimate of drug-likeness (QED) is 0.840. The van der Waals surface area contributed by atoms with Gasteiger partial charge in [-0.05, 0) is 58.2 Å². The summed E-state index contributed by atoms with van der Waals surface area (Å²) in [5.41, 5.74) is 3.47. The van der Waals surface area contributed by atoms with Crippen molar-refractivity contribution in [1.82, 2.24) is 5.32 Å². The van der Waals surface area contributed by atoms with Crippen LogP contribution in [0.25, 0.3) is 0 Å². The van der Waals surface area contributed by atoms with Gasteiger partial charge in [-0.15, -0.1) is 0 Å². The van der Waals surface area contributed by atoms with Crippen LogP contribution in [0.1, 0.15) is 29.7 Å². The smallest absolute Gasteiger partial charge is 0.173 e. The average Bonchev–Trinajstić information content (AvgIpc) is 3.06. The van der Waals surface area contributed by atoms with E-state index in [4.69, 9.17) is 20.8 Å². The number of nitrogens with one attached hydrogen (secondary N) is 1. The highest BCUT2D eigenvalue weighted by molar-refractivity contribution is 9.10. The Morgan fingerprint density at radius 3 is 3.00 bits per heavy atom. The van der Waals surface area contributed by atoms with Crippen molar-refractivity contribution in [2.24, 2.45) is 0 Å². The third kappa shape index (κ3) is 3.12. The zero-order chi connectivity index (χ0) is 14.8. The summed E-state index contributed by atoms with van der Waals surface area (Å²) in [6.45, 7) is 3.72. The van der Waals surface area contributed by atoms with E-state index in [1.807, 2.05) is 18.2 Å². The molecule has 112 valence electrons. The van der Waals surface area contributed by atoms with Crippen molar-refractivity contribution in [3.05, 3.63) is 50.8 Å². The monoisotopic (exact) mass is 369 g/mol. The van der Waals surface area contributed by atoms with Crippen LogP contribution in [0.4, 0.5) is 0 Å². The van der Waals surface area contributed by atoms with E-state index < -0.39 is 0 Å². The van der Waals surface area contributed by atoms with Crippen LogP contribution >= 0.6 is 27.5 Å². The second kappa shape index (κ2) is 6.42. The maximum Gasteiger partial charge on any atom is 0.173 e. The summed E-state index contributed by atoms with van der Waals surface area (Å²) >= 11 is 9.70. The largest absolute Gasteiger partial charge is 0.493 e. The Morgan fingerprint density at radius 1 is 1.43 bits per heavy atom. The summed E-state index contributed by atoms with van der Waals surface area (Å²) in [6, 6.07) is 6.16. The van der Waals surface area contributed by atoms with Gasteiger partial charge in [0.25, 0.3) is 0 Å². The van der Waals surface area contributed by atoms with Gasteiger partial charge in [-0.25, -0.2) is 0 Å². The summed E-state index contributed by atoms with van der Waals surface area (Å²) in [4.78, 5) is 0. The van der Waals surface area contributed by atoms with Gasteiger partial charge in [-0.1, -0.05) is 18.5 Å². The Balaban J connectivity index is 1.92. The van der Waals surface area contributed by atoms with Crippen LogP contribution in [0.3, 0.4) is 0 Å². The molecule has 21 heavy (non-hydrogen) atoms. The molecule has 0 radical (unpaired) electrons. The fraction of sp³-hybridized carbons (Fsp3) is 0.375. The molecule has 0 saturated carbocycles. The molecule has 0 aliphatic carbocycles. The second-order valence-corrected chi connectivity index (χ2v) is 6.27. The van der Waals surface area contributed by atoms with Gasteiger partial charge in [0.2, 0.25) is 0 Å². The number of furan rings is 1. The van der Waals surface area contributed by atoms with Gasteiger partial charge in [-0.3, -0.25) is 0 Å². The Kier molecular flexibility index (Phi) is 4.57. The Morgan fingerprint density at radius 2 is 2.29 bits per heavy atom. The fourth-order valence-corrected chi connectivity index (χ4v) is 3.59. The number of benzene rings is 1.